The lowest BCUT2D eigenvalue weighted by molar-refractivity contribution is -0.153. The van der Waals surface area contributed by atoms with E-state index < -0.39 is 12.8 Å². The number of nitrogens with zero attached hydrogens (tertiary/aromatic N) is 3. The molecule has 2 aromatic heterocycles. The molecule has 0 unspecified atom stereocenters. The summed E-state index contributed by atoms with van der Waals surface area (Å²) in [6.45, 7) is -1.38. The fourth-order valence-electron chi connectivity index (χ4n) is 2.31. The first kappa shape index (κ1) is 17.9. The number of ether oxygens (including phenoxy) is 1. The van der Waals surface area contributed by atoms with Crippen LogP contribution in [0.25, 0.3) is 16.9 Å². The molecule has 0 saturated heterocycles. The number of benzene rings is 1. The molecule has 10 heteroatoms. The van der Waals surface area contributed by atoms with Crippen LogP contribution in [0.15, 0.2) is 47.5 Å². The van der Waals surface area contributed by atoms with Gasteiger partial charge in [0.25, 0.3) is 5.56 Å². The first-order valence-electron chi connectivity index (χ1n) is 7.38. The van der Waals surface area contributed by atoms with Crippen molar-refractivity contribution in [3.63, 3.8) is 0 Å². The summed E-state index contributed by atoms with van der Waals surface area (Å²) >= 11 is 5.25. The minimum absolute atomic E-state index is 0.0426. The smallest absolute Gasteiger partial charge is 0.422 e. The fraction of sp³-hybridized carbons (Fsp3) is 0.188. The fourth-order valence-corrected chi connectivity index (χ4v) is 2.62. The molecule has 0 spiro atoms. The van der Waals surface area contributed by atoms with Crippen molar-refractivity contribution in [2.45, 2.75) is 6.18 Å². The number of nitrogens with one attached hydrogen (secondary N) is 1. The standard InChI is InChI=1S/C16H13F3N4O2S/c1-22-8-10(7-20-22)13-6-14(24)23(15(26)21-13)11-2-4-12(5-3-11)25-9-16(17,18)19/h2-8H,9H2,1H3,(H,21,26). The maximum atomic E-state index is 12.5. The Hall–Kier alpha value is -2.88. The summed E-state index contributed by atoms with van der Waals surface area (Å²) in [5.74, 6) is 0.0426. The lowest BCUT2D eigenvalue weighted by Gasteiger charge is -2.11. The zero-order valence-corrected chi connectivity index (χ0v) is 14.3. The number of aromatic nitrogens is 4. The topological polar surface area (TPSA) is 64.8 Å². The van der Waals surface area contributed by atoms with E-state index in [1.807, 2.05) is 0 Å². The third-order valence-corrected chi connectivity index (χ3v) is 3.73. The van der Waals surface area contributed by atoms with E-state index >= 15 is 0 Å². The largest absolute Gasteiger partial charge is 0.484 e. The molecule has 1 N–H and O–H groups in total. The van der Waals surface area contributed by atoms with Crippen LogP contribution in [0.1, 0.15) is 0 Å². The summed E-state index contributed by atoms with van der Waals surface area (Å²) in [7, 11) is 1.75. The molecule has 3 aromatic rings. The highest BCUT2D eigenvalue weighted by molar-refractivity contribution is 7.71. The first-order chi connectivity index (χ1) is 12.2. The molecule has 0 fully saturated rings. The van der Waals surface area contributed by atoms with Crippen molar-refractivity contribution in [2.75, 3.05) is 6.61 Å². The Morgan fingerprint density at radius 1 is 1.27 bits per heavy atom. The van der Waals surface area contributed by atoms with Gasteiger partial charge in [0, 0.05) is 24.9 Å². The van der Waals surface area contributed by atoms with Gasteiger partial charge in [-0.3, -0.25) is 14.0 Å². The molecule has 26 heavy (non-hydrogen) atoms. The Kier molecular flexibility index (Phi) is 4.68. The van der Waals surface area contributed by atoms with E-state index in [9.17, 15) is 18.0 Å². The number of hydrogen-bond acceptors (Lipinski definition) is 4. The molecule has 2 heterocycles. The summed E-state index contributed by atoms with van der Waals surface area (Å²) in [6, 6.07) is 6.98. The Morgan fingerprint density at radius 3 is 2.50 bits per heavy atom. The molecule has 0 radical (unpaired) electrons. The highest BCUT2D eigenvalue weighted by atomic mass is 32.1. The van der Waals surface area contributed by atoms with Gasteiger partial charge >= 0.3 is 6.18 Å². The lowest BCUT2D eigenvalue weighted by atomic mass is 10.2. The predicted octanol–water partition coefficient (Wildman–Crippen LogP) is 3.24. The molecule has 0 aliphatic heterocycles. The van der Waals surface area contributed by atoms with Crippen LogP contribution in [0.3, 0.4) is 0 Å². The maximum Gasteiger partial charge on any atom is 0.422 e. The van der Waals surface area contributed by atoms with Crippen LogP contribution in [-0.4, -0.2) is 32.1 Å². The van der Waals surface area contributed by atoms with Gasteiger partial charge in [0.05, 0.1) is 17.6 Å². The molecule has 0 atom stereocenters. The Bertz CT molecular complexity index is 1000. The van der Waals surface area contributed by atoms with Crippen LogP contribution in [0.5, 0.6) is 5.75 Å². The number of hydrogen-bond donors (Lipinski definition) is 1. The molecule has 0 amide bonds. The van der Waals surface area contributed by atoms with Crippen molar-refractivity contribution < 1.29 is 17.9 Å². The average Bonchev–Trinajstić information content (AvgIpc) is 2.99. The summed E-state index contributed by atoms with van der Waals surface area (Å²) < 4.78 is 44.2. The number of H-pyrrole nitrogens is 1. The molecule has 0 bridgehead atoms. The van der Waals surface area contributed by atoms with Gasteiger partial charge in [0.1, 0.15) is 5.75 Å². The second-order valence-corrected chi connectivity index (χ2v) is 5.85. The van der Waals surface area contributed by atoms with Crippen molar-refractivity contribution in [2.24, 2.45) is 7.05 Å². The minimum Gasteiger partial charge on any atom is -0.484 e. The summed E-state index contributed by atoms with van der Waals surface area (Å²) in [4.78, 5) is 15.4. The van der Waals surface area contributed by atoms with Crippen LogP contribution in [0, 0.1) is 4.77 Å². The quantitative estimate of drug-likeness (QED) is 0.704. The second-order valence-electron chi connectivity index (χ2n) is 5.46. The van der Waals surface area contributed by atoms with Crippen molar-refractivity contribution in [3.05, 3.63) is 57.9 Å². The highest BCUT2D eigenvalue weighted by Gasteiger charge is 2.28. The van der Waals surface area contributed by atoms with Crippen molar-refractivity contribution in [1.29, 1.82) is 0 Å². The number of rotatable bonds is 4. The van der Waals surface area contributed by atoms with Gasteiger partial charge < -0.3 is 9.72 Å². The third-order valence-electron chi connectivity index (χ3n) is 3.45. The molecule has 3 rings (SSSR count). The zero-order valence-electron chi connectivity index (χ0n) is 13.4. The van der Waals surface area contributed by atoms with Crippen molar-refractivity contribution in [1.82, 2.24) is 19.3 Å². The average molecular weight is 382 g/mol. The molecule has 0 aliphatic carbocycles. The Labute approximate surface area is 150 Å². The molecule has 136 valence electrons. The number of alkyl halides is 3. The minimum atomic E-state index is -4.42. The summed E-state index contributed by atoms with van der Waals surface area (Å²) in [6.07, 6.45) is -1.09. The number of aryl methyl sites for hydroxylation is 1. The first-order valence-corrected chi connectivity index (χ1v) is 7.79. The molecular formula is C16H13F3N4O2S. The van der Waals surface area contributed by atoms with Crippen LogP contribution in [0.2, 0.25) is 0 Å². The highest BCUT2D eigenvalue weighted by Crippen LogP contribution is 2.20. The number of aromatic amines is 1. The Morgan fingerprint density at radius 2 is 1.96 bits per heavy atom. The maximum absolute atomic E-state index is 12.5. The van der Waals surface area contributed by atoms with Gasteiger partial charge in [0.2, 0.25) is 0 Å². The molecular weight excluding hydrogens is 369 g/mol. The third kappa shape index (κ3) is 4.02. The van der Waals surface area contributed by atoms with E-state index in [1.54, 1.807) is 24.1 Å². The second kappa shape index (κ2) is 6.79. The van der Waals surface area contributed by atoms with Gasteiger partial charge in [-0.25, -0.2) is 0 Å². The van der Waals surface area contributed by atoms with E-state index in [2.05, 4.69) is 14.8 Å². The predicted molar refractivity (Wildman–Crippen MR) is 91.0 cm³/mol. The van der Waals surface area contributed by atoms with Gasteiger partial charge in [-0.1, -0.05) is 0 Å². The van der Waals surface area contributed by atoms with E-state index in [0.717, 1.165) is 0 Å². The van der Waals surface area contributed by atoms with Crippen LogP contribution >= 0.6 is 12.2 Å². The van der Waals surface area contributed by atoms with Gasteiger partial charge in [0.15, 0.2) is 11.4 Å². The summed E-state index contributed by atoms with van der Waals surface area (Å²) in [5, 5.41) is 4.04. The van der Waals surface area contributed by atoms with Crippen molar-refractivity contribution >= 4 is 12.2 Å². The van der Waals surface area contributed by atoms with Gasteiger partial charge in [-0.2, -0.15) is 18.3 Å². The van der Waals surface area contributed by atoms with E-state index in [1.165, 1.54) is 34.9 Å². The normalized spacial score (nSPS) is 11.5. The molecule has 0 aliphatic rings. The van der Waals surface area contributed by atoms with Crippen LogP contribution < -0.4 is 10.3 Å². The van der Waals surface area contributed by atoms with Gasteiger partial charge in [-0.05, 0) is 36.5 Å². The van der Waals surface area contributed by atoms with E-state index in [0.29, 0.717) is 16.9 Å². The van der Waals surface area contributed by atoms with E-state index in [-0.39, 0.29) is 16.1 Å². The van der Waals surface area contributed by atoms with Crippen molar-refractivity contribution in [3.8, 4) is 22.7 Å². The molecule has 1 aromatic carbocycles. The lowest BCUT2D eigenvalue weighted by Crippen LogP contribution is -2.20. The molecule has 6 nitrogen and oxygen atoms in total. The number of halogens is 3. The zero-order chi connectivity index (χ0) is 18.9. The SMILES string of the molecule is Cn1cc(-c2cc(=O)n(-c3ccc(OCC(F)(F)F)cc3)c(=S)[nH]2)cn1. The Balaban J connectivity index is 1.90. The molecule has 0 saturated carbocycles. The van der Waals surface area contributed by atoms with E-state index in [4.69, 9.17) is 12.2 Å². The monoisotopic (exact) mass is 382 g/mol. The van der Waals surface area contributed by atoms with Gasteiger partial charge in [-0.15, -0.1) is 0 Å². The summed E-state index contributed by atoms with van der Waals surface area (Å²) in [5.41, 5.74) is 1.26. The van der Waals surface area contributed by atoms with Crippen LogP contribution in [-0.2, 0) is 7.05 Å². The van der Waals surface area contributed by atoms with Crippen LogP contribution in [0.4, 0.5) is 13.2 Å².